The van der Waals surface area contributed by atoms with Crippen LogP contribution in [0.1, 0.15) is 59.8 Å². The fourth-order valence-electron chi connectivity index (χ4n) is 3.11. The highest BCUT2D eigenvalue weighted by Gasteiger charge is 2.28. The normalized spacial score (nSPS) is 22.8. The average Bonchev–Trinajstić information content (AvgIpc) is 2.33. The maximum atomic E-state index is 12.0. The number of piperidine rings is 1. The first-order chi connectivity index (χ1) is 9.85. The van der Waals surface area contributed by atoms with E-state index in [-0.39, 0.29) is 6.09 Å². The molecule has 1 saturated heterocycles. The van der Waals surface area contributed by atoms with Gasteiger partial charge in [0.25, 0.3) is 0 Å². The molecule has 0 spiro atoms. The predicted octanol–water partition coefficient (Wildman–Crippen LogP) is 3.41. The minimum atomic E-state index is -0.395. The maximum absolute atomic E-state index is 12.0. The van der Waals surface area contributed by atoms with Gasteiger partial charge in [0.15, 0.2) is 0 Å². The number of nitrogens with zero attached hydrogens (tertiary/aromatic N) is 1. The zero-order chi connectivity index (χ0) is 15.5. The topological polar surface area (TPSA) is 41.6 Å². The summed E-state index contributed by atoms with van der Waals surface area (Å²) < 4.78 is 5.44. The lowest BCUT2D eigenvalue weighted by Gasteiger charge is -2.36. The van der Waals surface area contributed by atoms with Gasteiger partial charge in [-0.2, -0.15) is 0 Å². The highest BCUT2D eigenvalue weighted by molar-refractivity contribution is 5.68. The van der Waals surface area contributed by atoms with Gasteiger partial charge in [0, 0.05) is 19.1 Å². The average molecular weight is 296 g/mol. The number of ether oxygens (including phenoxy) is 1. The molecule has 2 rings (SSSR count). The Kier molecular flexibility index (Phi) is 5.53. The molecule has 1 saturated carbocycles. The summed E-state index contributed by atoms with van der Waals surface area (Å²) in [4.78, 5) is 13.9. The van der Waals surface area contributed by atoms with E-state index in [0.29, 0.717) is 12.0 Å². The fourth-order valence-corrected chi connectivity index (χ4v) is 3.11. The van der Waals surface area contributed by atoms with Crippen LogP contribution in [0.15, 0.2) is 0 Å². The SMILES string of the molecule is CC(NCC1CCN(C(=O)OC(C)(C)C)CC1)C1CCC1. The molecule has 1 aliphatic carbocycles. The molecule has 4 nitrogen and oxygen atoms in total. The second kappa shape index (κ2) is 6.99. The summed E-state index contributed by atoms with van der Waals surface area (Å²) in [6, 6.07) is 0.655. The van der Waals surface area contributed by atoms with Gasteiger partial charge in [-0.1, -0.05) is 6.42 Å². The lowest BCUT2D eigenvalue weighted by Crippen LogP contribution is -2.45. The molecule has 0 aromatic heterocycles. The van der Waals surface area contributed by atoms with Crippen molar-refractivity contribution in [3.05, 3.63) is 0 Å². The molecular weight excluding hydrogens is 264 g/mol. The molecular formula is C17H32N2O2. The Morgan fingerprint density at radius 2 is 1.86 bits per heavy atom. The highest BCUT2D eigenvalue weighted by Crippen LogP contribution is 2.29. The Bertz CT molecular complexity index is 339. The molecule has 1 N–H and O–H groups in total. The van der Waals surface area contributed by atoms with Gasteiger partial charge in [-0.15, -0.1) is 0 Å². The quantitative estimate of drug-likeness (QED) is 0.864. The molecule has 0 aromatic rings. The third kappa shape index (κ3) is 5.17. The maximum Gasteiger partial charge on any atom is 0.410 e. The predicted molar refractivity (Wildman–Crippen MR) is 85.3 cm³/mol. The van der Waals surface area contributed by atoms with Crippen molar-refractivity contribution >= 4 is 6.09 Å². The van der Waals surface area contributed by atoms with Gasteiger partial charge in [-0.05, 0) is 71.8 Å². The Hall–Kier alpha value is -0.770. The van der Waals surface area contributed by atoms with Crippen LogP contribution in [0.4, 0.5) is 4.79 Å². The van der Waals surface area contributed by atoms with Crippen molar-refractivity contribution in [2.45, 2.75) is 71.4 Å². The summed E-state index contributed by atoms with van der Waals surface area (Å²) in [5.41, 5.74) is -0.395. The van der Waals surface area contributed by atoms with E-state index in [2.05, 4.69) is 12.2 Å². The minimum absolute atomic E-state index is 0.156. The molecule has 2 fully saturated rings. The van der Waals surface area contributed by atoms with Crippen LogP contribution in [0.2, 0.25) is 0 Å². The third-order valence-corrected chi connectivity index (χ3v) is 4.85. The Labute approximate surface area is 129 Å². The van der Waals surface area contributed by atoms with Crippen molar-refractivity contribution < 1.29 is 9.53 Å². The fraction of sp³-hybridized carbons (Fsp3) is 0.941. The van der Waals surface area contributed by atoms with E-state index in [1.54, 1.807) is 0 Å². The smallest absolute Gasteiger partial charge is 0.410 e. The standard InChI is InChI=1S/C17H32N2O2/c1-13(15-6-5-7-15)18-12-14-8-10-19(11-9-14)16(20)21-17(2,3)4/h13-15,18H,5-12H2,1-4H3. The second-order valence-electron chi connectivity index (χ2n) is 7.80. The summed E-state index contributed by atoms with van der Waals surface area (Å²) in [6.45, 7) is 10.8. The lowest BCUT2D eigenvalue weighted by atomic mass is 9.80. The highest BCUT2D eigenvalue weighted by atomic mass is 16.6. The van der Waals surface area contributed by atoms with Gasteiger partial charge in [-0.3, -0.25) is 0 Å². The van der Waals surface area contributed by atoms with Crippen molar-refractivity contribution in [3.63, 3.8) is 0 Å². The second-order valence-corrected chi connectivity index (χ2v) is 7.80. The van der Waals surface area contributed by atoms with Crippen molar-refractivity contribution in [3.8, 4) is 0 Å². The van der Waals surface area contributed by atoms with Gasteiger partial charge < -0.3 is 15.0 Å². The van der Waals surface area contributed by atoms with Gasteiger partial charge in [0.2, 0.25) is 0 Å². The number of nitrogens with one attached hydrogen (secondary N) is 1. The molecule has 4 heteroatoms. The number of carbonyl (C=O) groups is 1. The zero-order valence-corrected chi connectivity index (χ0v) is 14.2. The van der Waals surface area contributed by atoms with Crippen LogP contribution >= 0.6 is 0 Å². The van der Waals surface area contributed by atoms with E-state index < -0.39 is 5.60 Å². The molecule has 1 amide bonds. The number of hydrogen-bond donors (Lipinski definition) is 1. The molecule has 1 aliphatic heterocycles. The summed E-state index contributed by atoms with van der Waals surface area (Å²) in [5.74, 6) is 1.60. The Morgan fingerprint density at radius 3 is 2.33 bits per heavy atom. The third-order valence-electron chi connectivity index (χ3n) is 4.85. The molecule has 1 unspecified atom stereocenters. The van der Waals surface area contributed by atoms with Gasteiger partial charge in [0.1, 0.15) is 5.60 Å². The lowest BCUT2D eigenvalue weighted by molar-refractivity contribution is 0.0182. The summed E-state index contributed by atoms with van der Waals surface area (Å²) >= 11 is 0. The van der Waals surface area contributed by atoms with Crippen molar-refractivity contribution in [1.29, 1.82) is 0 Å². The van der Waals surface area contributed by atoms with Crippen LogP contribution in [-0.2, 0) is 4.74 Å². The van der Waals surface area contributed by atoms with E-state index in [0.717, 1.165) is 38.4 Å². The molecule has 0 bridgehead atoms. The zero-order valence-electron chi connectivity index (χ0n) is 14.2. The van der Waals surface area contributed by atoms with Crippen LogP contribution in [0.25, 0.3) is 0 Å². The summed E-state index contributed by atoms with van der Waals surface area (Å²) in [7, 11) is 0. The molecule has 2 aliphatic rings. The molecule has 0 aromatic carbocycles. The summed E-state index contributed by atoms with van der Waals surface area (Å²) in [6.07, 6.45) is 6.21. The van der Waals surface area contributed by atoms with Crippen LogP contribution in [-0.4, -0.2) is 42.3 Å². The van der Waals surface area contributed by atoms with Crippen molar-refractivity contribution in [2.24, 2.45) is 11.8 Å². The Balaban J connectivity index is 1.64. The minimum Gasteiger partial charge on any atom is -0.444 e. The van der Waals surface area contributed by atoms with E-state index in [9.17, 15) is 4.79 Å². The van der Waals surface area contributed by atoms with E-state index in [4.69, 9.17) is 4.74 Å². The van der Waals surface area contributed by atoms with Crippen molar-refractivity contribution in [1.82, 2.24) is 10.2 Å². The molecule has 1 heterocycles. The van der Waals surface area contributed by atoms with Crippen LogP contribution in [0.3, 0.4) is 0 Å². The van der Waals surface area contributed by atoms with Crippen molar-refractivity contribution in [2.75, 3.05) is 19.6 Å². The number of hydrogen-bond acceptors (Lipinski definition) is 3. The molecule has 122 valence electrons. The number of amides is 1. The first-order valence-electron chi connectivity index (χ1n) is 8.56. The van der Waals surface area contributed by atoms with E-state index in [1.807, 2.05) is 25.7 Å². The van der Waals surface area contributed by atoms with Crippen LogP contribution in [0.5, 0.6) is 0 Å². The van der Waals surface area contributed by atoms with Gasteiger partial charge in [-0.25, -0.2) is 4.79 Å². The molecule has 0 radical (unpaired) electrons. The first-order valence-corrected chi connectivity index (χ1v) is 8.56. The summed E-state index contributed by atoms with van der Waals surface area (Å²) in [5, 5.41) is 3.70. The van der Waals surface area contributed by atoms with E-state index >= 15 is 0 Å². The van der Waals surface area contributed by atoms with Crippen LogP contribution < -0.4 is 5.32 Å². The largest absolute Gasteiger partial charge is 0.444 e. The number of rotatable bonds is 4. The first kappa shape index (κ1) is 16.6. The molecule has 1 atom stereocenters. The van der Waals surface area contributed by atoms with Crippen LogP contribution in [0, 0.1) is 11.8 Å². The number of likely N-dealkylation sites (tertiary alicyclic amines) is 1. The van der Waals surface area contributed by atoms with Gasteiger partial charge >= 0.3 is 6.09 Å². The molecule has 21 heavy (non-hydrogen) atoms. The number of carbonyl (C=O) groups excluding carboxylic acids is 1. The van der Waals surface area contributed by atoms with E-state index in [1.165, 1.54) is 19.3 Å². The monoisotopic (exact) mass is 296 g/mol. The Morgan fingerprint density at radius 1 is 1.24 bits per heavy atom. The van der Waals surface area contributed by atoms with Gasteiger partial charge in [0.05, 0.1) is 0 Å².